The zero-order valence-corrected chi connectivity index (χ0v) is 17.0. The first-order chi connectivity index (χ1) is 13.8. The first kappa shape index (κ1) is 26.3. The molecule has 0 aliphatic heterocycles. The molecular formula is C18H33N5O6. The summed E-state index contributed by atoms with van der Waals surface area (Å²) in [5.74, 6) is -1.90. The highest BCUT2D eigenvalue weighted by Crippen LogP contribution is 1.98. The fourth-order valence-corrected chi connectivity index (χ4v) is 2.22. The first-order valence-corrected chi connectivity index (χ1v) is 9.84. The molecule has 0 spiro atoms. The monoisotopic (exact) mass is 415 g/mol. The van der Waals surface area contributed by atoms with Crippen LogP contribution in [0.1, 0.15) is 45.4 Å². The average Bonchev–Trinajstić information content (AvgIpc) is 2.66. The third-order valence-electron chi connectivity index (χ3n) is 3.68. The lowest BCUT2D eigenvalue weighted by Gasteiger charge is -2.08. The normalized spacial score (nSPS) is 10.1. The van der Waals surface area contributed by atoms with Gasteiger partial charge >= 0.3 is 5.97 Å². The second-order valence-corrected chi connectivity index (χ2v) is 6.34. The van der Waals surface area contributed by atoms with Crippen LogP contribution in [0.5, 0.6) is 0 Å². The van der Waals surface area contributed by atoms with Crippen molar-refractivity contribution in [2.45, 2.75) is 45.4 Å². The van der Waals surface area contributed by atoms with Crippen LogP contribution in [-0.2, 0) is 24.0 Å². The number of carboxylic acid groups (broad SMARTS) is 1. The highest BCUT2D eigenvalue weighted by atomic mass is 16.4. The molecule has 0 heterocycles. The van der Waals surface area contributed by atoms with Crippen LogP contribution in [-0.4, -0.2) is 74.0 Å². The Morgan fingerprint density at radius 3 is 1.86 bits per heavy atom. The predicted molar refractivity (Wildman–Crippen MR) is 106 cm³/mol. The van der Waals surface area contributed by atoms with Crippen molar-refractivity contribution in [2.75, 3.05) is 39.3 Å². The summed E-state index contributed by atoms with van der Waals surface area (Å²) in [7, 11) is 0. The molecule has 0 radical (unpaired) electrons. The van der Waals surface area contributed by atoms with Crippen LogP contribution < -0.4 is 26.6 Å². The highest BCUT2D eigenvalue weighted by molar-refractivity contribution is 5.86. The van der Waals surface area contributed by atoms with E-state index in [1.54, 1.807) is 6.92 Å². The van der Waals surface area contributed by atoms with Crippen molar-refractivity contribution in [3.8, 4) is 0 Å². The molecule has 0 aromatic rings. The molecule has 0 saturated heterocycles. The standard InChI is InChI=1S/C18H33N5O6/c1-2-20-15(25)11-19-12-16(26)23-13-17(27)22-10-6-7-14(24)21-9-5-3-4-8-18(28)29/h19H,2-13H2,1H3,(H,20,25)(H,21,24)(H,22,27)(H,23,26)(H,28,29). The third-order valence-corrected chi connectivity index (χ3v) is 3.68. The lowest BCUT2D eigenvalue weighted by molar-refractivity contribution is -0.137. The molecule has 0 aromatic heterocycles. The maximum atomic E-state index is 11.6. The summed E-state index contributed by atoms with van der Waals surface area (Å²) in [6.07, 6.45) is 2.95. The maximum Gasteiger partial charge on any atom is 0.303 e. The van der Waals surface area contributed by atoms with E-state index in [1.165, 1.54) is 0 Å². The second kappa shape index (κ2) is 17.4. The van der Waals surface area contributed by atoms with E-state index in [-0.39, 0.29) is 50.2 Å². The molecule has 11 nitrogen and oxygen atoms in total. The van der Waals surface area contributed by atoms with Crippen LogP contribution in [0, 0.1) is 0 Å². The zero-order chi connectivity index (χ0) is 21.9. The number of carboxylic acids is 1. The number of likely N-dealkylation sites (N-methyl/N-ethyl adjacent to an activating group) is 1. The SMILES string of the molecule is CCNC(=O)CNCC(=O)NCC(=O)NCCCC(=O)NCCCCCC(=O)O. The third kappa shape index (κ3) is 18.4. The molecule has 0 fully saturated rings. The molecule has 0 saturated carbocycles. The lowest BCUT2D eigenvalue weighted by Crippen LogP contribution is -2.43. The van der Waals surface area contributed by atoms with Gasteiger partial charge in [-0.05, 0) is 26.2 Å². The molecule has 0 rings (SSSR count). The maximum absolute atomic E-state index is 11.6. The number of carbonyl (C=O) groups excluding carboxylic acids is 4. The van der Waals surface area contributed by atoms with Gasteiger partial charge < -0.3 is 26.4 Å². The van der Waals surface area contributed by atoms with E-state index in [0.29, 0.717) is 32.5 Å². The fraction of sp³-hybridized carbons (Fsp3) is 0.722. The van der Waals surface area contributed by atoms with Gasteiger partial charge in [0.25, 0.3) is 0 Å². The summed E-state index contributed by atoms with van der Waals surface area (Å²) in [6.45, 7) is 2.91. The summed E-state index contributed by atoms with van der Waals surface area (Å²) >= 11 is 0. The minimum atomic E-state index is -0.816. The molecule has 0 bridgehead atoms. The van der Waals surface area contributed by atoms with E-state index in [4.69, 9.17) is 5.11 Å². The van der Waals surface area contributed by atoms with Gasteiger partial charge in [0.2, 0.25) is 23.6 Å². The van der Waals surface area contributed by atoms with Gasteiger partial charge in [0, 0.05) is 32.5 Å². The molecule has 0 aliphatic carbocycles. The number of hydrogen-bond acceptors (Lipinski definition) is 6. The van der Waals surface area contributed by atoms with E-state index in [0.717, 1.165) is 12.8 Å². The summed E-state index contributed by atoms with van der Waals surface area (Å²) in [6, 6.07) is 0. The van der Waals surface area contributed by atoms with Crippen molar-refractivity contribution >= 4 is 29.6 Å². The number of hydrogen-bond donors (Lipinski definition) is 6. The minimum Gasteiger partial charge on any atom is -0.481 e. The topological polar surface area (TPSA) is 166 Å². The van der Waals surface area contributed by atoms with Crippen LogP contribution >= 0.6 is 0 Å². The molecule has 0 unspecified atom stereocenters. The van der Waals surface area contributed by atoms with E-state index < -0.39 is 11.9 Å². The number of rotatable bonds is 17. The summed E-state index contributed by atoms with van der Waals surface area (Å²) in [4.78, 5) is 56.3. The first-order valence-electron chi connectivity index (χ1n) is 9.84. The Balaban J connectivity index is 3.56. The van der Waals surface area contributed by atoms with Gasteiger partial charge in [-0.2, -0.15) is 0 Å². The minimum absolute atomic E-state index is 0.0256. The highest BCUT2D eigenvalue weighted by Gasteiger charge is 2.07. The number of unbranched alkanes of at least 4 members (excludes halogenated alkanes) is 2. The summed E-state index contributed by atoms with van der Waals surface area (Å²) in [5.41, 5.74) is 0. The van der Waals surface area contributed by atoms with Gasteiger partial charge in [0.1, 0.15) is 0 Å². The van der Waals surface area contributed by atoms with Crippen molar-refractivity contribution in [3.63, 3.8) is 0 Å². The van der Waals surface area contributed by atoms with E-state index in [9.17, 15) is 24.0 Å². The Morgan fingerprint density at radius 2 is 1.21 bits per heavy atom. The molecule has 6 N–H and O–H groups in total. The lowest BCUT2D eigenvalue weighted by atomic mass is 10.2. The Bertz CT molecular complexity index is 541. The van der Waals surface area contributed by atoms with Gasteiger partial charge in [0.05, 0.1) is 19.6 Å². The molecule has 0 aromatic carbocycles. The van der Waals surface area contributed by atoms with E-state index in [2.05, 4.69) is 26.6 Å². The van der Waals surface area contributed by atoms with Gasteiger partial charge in [-0.1, -0.05) is 6.42 Å². The van der Waals surface area contributed by atoms with Crippen molar-refractivity contribution in [2.24, 2.45) is 0 Å². The Kier molecular flexibility index (Phi) is 15.8. The fourth-order valence-electron chi connectivity index (χ4n) is 2.22. The Hall–Kier alpha value is -2.69. The molecular weight excluding hydrogens is 382 g/mol. The number of aliphatic carboxylic acids is 1. The summed E-state index contributed by atoms with van der Waals surface area (Å²) in [5, 5.41) is 21.5. The Labute approximate surface area is 170 Å². The number of nitrogens with one attached hydrogen (secondary N) is 5. The predicted octanol–water partition coefficient (Wildman–Crippen LogP) is -1.51. The van der Waals surface area contributed by atoms with E-state index >= 15 is 0 Å². The Morgan fingerprint density at radius 1 is 0.621 bits per heavy atom. The molecule has 11 heteroatoms. The molecule has 4 amide bonds. The van der Waals surface area contributed by atoms with Crippen LogP contribution in [0.3, 0.4) is 0 Å². The van der Waals surface area contributed by atoms with Crippen molar-refractivity contribution in [1.82, 2.24) is 26.6 Å². The van der Waals surface area contributed by atoms with Gasteiger partial charge in [-0.3, -0.25) is 29.3 Å². The van der Waals surface area contributed by atoms with E-state index in [1.807, 2.05) is 0 Å². The van der Waals surface area contributed by atoms with Crippen LogP contribution in [0.25, 0.3) is 0 Å². The van der Waals surface area contributed by atoms with Gasteiger partial charge in [0.15, 0.2) is 0 Å². The van der Waals surface area contributed by atoms with Crippen LogP contribution in [0.2, 0.25) is 0 Å². The van der Waals surface area contributed by atoms with Crippen molar-refractivity contribution in [3.05, 3.63) is 0 Å². The quantitative estimate of drug-likeness (QED) is 0.157. The number of carbonyl (C=O) groups is 5. The molecule has 29 heavy (non-hydrogen) atoms. The molecule has 0 atom stereocenters. The van der Waals surface area contributed by atoms with Crippen LogP contribution in [0.4, 0.5) is 0 Å². The smallest absolute Gasteiger partial charge is 0.303 e. The summed E-state index contributed by atoms with van der Waals surface area (Å²) < 4.78 is 0. The molecule has 0 aliphatic rings. The number of amides is 4. The molecule has 166 valence electrons. The average molecular weight is 415 g/mol. The largest absolute Gasteiger partial charge is 0.481 e. The van der Waals surface area contributed by atoms with Gasteiger partial charge in [-0.15, -0.1) is 0 Å². The van der Waals surface area contributed by atoms with Crippen molar-refractivity contribution in [1.29, 1.82) is 0 Å². The van der Waals surface area contributed by atoms with Gasteiger partial charge in [-0.25, -0.2) is 0 Å². The van der Waals surface area contributed by atoms with Crippen LogP contribution in [0.15, 0.2) is 0 Å². The second-order valence-electron chi connectivity index (χ2n) is 6.34. The zero-order valence-electron chi connectivity index (χ0n) is 17.0. The van der Waals surface area contributed by atoms with Crippen molar-refractivity contribution < 1.29 is 29.1 Å².